The fraction of sp³-hybridized carbons (Fsp3) is 0.333. The van der Waals surface area contributed by atoms with Gasteiger partial charge in [-0.3, -0.25) is 0 Å². The SMILES string of the molecule is [O-][S+]1c2ccc(Br)cc2CN1CCO. The molecule has 3 nitrogen and oxygen atoms in total. The van der Waals surface area contributed by atoms with Crippen LogP contribution in [0.25, 0.3) is 0 Å². The van der Waals surface area contributed by atoms with Crippen molar-refractivity contribution < 1.29 is 9.66 Å². The first-order chi connectivity index (χ1) is 6.72. The molecule has 1 unspecified atom stereocenters. The van der Waals surface area contributed by atoms with Gasteiger partial charge in [-0.25, -0.2) is 0 Å². The van der Waals surface area contributed by atoms with Gasteiger partial charge in [0.15, 0.2) is 4.90 Å². The van der Waals surface area contributed by atoms with Gasteiger partial charge < -0.3 is 9.66 Å². The van der Waals surface area contributed by atoms with Crippen molar-refractivity contribution >= 4 is 27.3 Å². The molecule has 1 aromatic carbocycles. The summed E-state index contributed by atoms with van der Waals surface area (Å²) in [7, 11) is 0. The summed E-state index contributed by atoms with van der Waals surface area (Å²) < 4.78 is 14.6. The molecule has 0 bridgehead atoms. The standard InChI is InChI=1S/C9H10BrNO2S/c10-8-1-2-9-7(5-8)6-11(3-4-12)14(9)13/h1-2,5,12H,3-4,6H2. The van der Waals surface area contributed by atoms with Crippen molar-refractivity contribution in [2.75, 3.05) is 13.2 Å². The van der Waals surface area contributed by atoms with Gasteiger partial charge in [0.05, 0.1) is 31.1 Å². The van der Waals surface area contributed by atoms with E-state index in [1.807, 2.05) is 18.2 Å². The van der Waals surface area contributed by atoms with Crippen LogP contribution in [0, 0.1) is 0 Å². The summed E-state index contributed by atoms with van der Waals surface area (Å²) in [6.45, 7) is 1.15. The fourth-order valence-corrected chi connectivity index (χ4v) is 3.23. The molecule has 2 rings (SSSR count). The number of fused-ring (bicyclic) bond motifs is 1. The molecule has 1 atom stereocenters. The van der Waals surface area contributed by atoms with Gasteiger partial charge in [-0.1, -0.05) is 15.9 Å². The van der Waals surface area contributed by atoms with E-state index in [1.165, 1.54) is 0 Å². The molecule has 0 fully saturated rings. The number of hydrogen-bond acceptors (Lipinski definition) is 3. The van der Waals surface area contributed by atoms with Gasteiger partial charge in [0, 0.05) is 10.0 Å². The van der Waals surface area contributed by atoms with E-state index in [2.05, 4.69) is 15.9 Å². The Hall–Kier alpha value is -0.0700. The quantitative estimate of drug-likeness (QED) is 0.828. The van der Waals surface area contributed by atoms with Gasteiger partial charge >= 0.3 is 0 Å². The molecule has 1 heterocycles. The zero-order valence-electron chi connectivity index (χ0n) is 7.44. The maximum atomic E-state index is 11.8. The minimum Gasteiger partial charge on any atom is -0.593 e. The number of hydrogen-bond donors (Lipinski definition) is 1. The second kappa shape index (κ2) is 4.20. The molecular formula is C9H10BrNO2S. The number of halogens is 1. The molecule has 0 aliphatic carbocycles. The van der Waals surface area contributed by atoms with Gasteiger partial charge in [0.2, 0.25) is 0 Å². The monoisotopic (exact) mass is 275 g/mol. The van der Waals surface area contributed by atoms with Crippen molar-refractivity contribution in [3.05, 3.63) is 28.2 Å². The third-order valence-corrected chi connectivity index (χ3v) is 4.19. The minimum absolute atomic E-state index is 0.0426. The Bertz CT molecular complexity index is 348. The van der Waals surface area contributed by atoms with Crippen LogP contribution in [0.3, 0.4) is 0 Å². The normalized spacial score (nSPS) is 21.2. The average molecular weight is 276 g/mol. The zero-order valence-corrected chi connectivity index (χ0v) is 9.84. The first-order valence-electron chi connectivity index (χ1n) is 4.28. The fourth-order valence-electron chi connectivity index (χ4n) is 1.50. The third-order valence-electron chi connectivity index (χ3n) is 2.14. The molecule has 1 N–H and O–H groups in total. The number of nitrogens with zero attached hydrogens (tertiary/aromatic N) is 1. The van der Waals surface area contributed by atoms with E-state index in [0.29, 0.717) is 13.1 Å². The summed E-state index contributed by atoms with van der Waals surface area (Å²) in [5.74, 6) is 0. The van der Waals surface area contributed by atoms with Crippen molar-refractivity contribution in [3.63, 3.8) is 0 Å². The summed E-state index contributed by atoms with van der Waals surface area (Å²) in [6.07, 6.45) is 0. The smallest absolute Gasteiger partial charge is 0.178 e. The Morgan fingerprint density at radius 2 is 2.36 bits per heavy atom. The highest BCUT2D eigenvalue weighted by atomic mass is 79.9. The Balaban J connectivity index is 2.26. The second-order valence-corrected chi connectivity index (χ2v) is 5.46. The molecule has 0 saturated carbocycles. The summed E-state index contributed by atoms with van der Waals surface area (Å²) in [4.78, 5) is 0.863. The van der Waals surface area contributed by atoms with E-state index in [0.717, 1.165) is 14.9 Å². The van der Waals surface area contributed by atoms with E-state index < -0.39 is 11.4 Å². The van der Waals surface area contributed by atoms with E-state index in [9.17, 15) is 4.55 Å². The van der Waals surface area contributed by atoms with Crippen LogP contribution in [0.2, 0.25) is 0 Å². The highest BCUT2D eigenvalue weighted by molar-refractivity contribution is 9.10. The maximum Gasteiger partial charge on any atom is 0.178 e. The predicted molar refractivity (Wildman–Crippen MR) is 58.0 cm³/mol. The molecule has 0 aromatic heterocycles. The molecule has 0 saturated heterocycles. The number of β-amino-alcohol motifs (C(OH)–C–C–N with tert-alkyl or cyclic N) is 1. The Labute approximate surface area is 94.2 Å². The molecule has 0 radical (unpaired) electrons. The number of benzene rings is 1. The molecule has 1 aliphatic heterocycles. The lowest BCUT2D eigenvalue weighted by Crippen LogP contribution is -2.27. The molecule has 14 heavy (non-hydrogen) atoms. The van der Waals surface area contributed by atoms with Gasteiger partial charge in [-0.15, -0.1) is 4.31 Å². The van der Waals surface area contributed by atoms with E-state index in [1.54, 1.807) is 4.31 Å². The number of aliphatic hydroxyl groups excluding tert-OH is 1. The molecule has 5 heteroatoms. The van der Waals surface area contributed by atoms with Crippen molar-refractivity contribution in [1.82, 2.24) is 4.31 Å². The van der Waals surface area contributed by atoms with Crippen LogP contribution in [0.5, 0.6) is 0 Å². The summed E-state index contributed by atoms with van der Waals surface area (Å²) in [5, 5.41) is 8.79. The first-order valence-corrected chi connectivity index (χ1v) is 6.18. The number of aliphatic hydroxyl groups is 1. The second-order valence-electron chi connectivity index (χ2n) is 3.09. The van der Waals surface area contributed by atoms with E-state index >= 15 is 0 Å². The Morgan fingerprint density at radius 3 is 3.07 bits per heavy atom. The lowest BCUT2D eigenvalue weighted by Gasteiger charge is -2.14. The molecule has 0 spiro atoms. The average Bonchev–Trinajstić information content (AvgIpc) is 2.44. The molecular weight excluding hydrogens is 266 g/mol. The Kier molecular flexibility index (Phi) is 3.14. The third kappa shape index (κ3) is 1.83. The lowest BCUT2D eigenvalue weighted by atomic mass is 10.2. The van der Waals surface area contributed by atoms with Gasteiger partial charge in [-0.05, 0) is 18.2 Å². The largest absolute Gasteiger partial charge is 0.593 e. The van der Waals surface area contributed by atoms with Crippen molar-refractivity contribution in [3.8, 4) is 0 Å². The van der Waals surface area contributed by atoms with Crippen LogP contribution in [-0.4, -0.2) is 27.1 Å². The highest BCUT2D eigenvalue weighted by Crippen LogP contribution is 2.31. The van der Waals surface area contributed by atoms with Crippen molar-refractivity contribution in [2.45, 2.75) is 11.4 Å². The van der Waals surface area contributed by atoms with Crippen LogP contribution < -0.4 is 0 Å². The van der Waals surface area contributed by atoms with Gasteiger partial charge in [0.25, 0.3) is 0 Å². The van der Waals surface area contributed by atoms with E-state index in [4.69, 9.17) is 5.11 Å². The van der Waals surface area contributed by atoms with Crippen LogP contribution in [-0.2, 0) is 17.9 Å². The van der Waals surface area contributed by atoms with Crippen LogP contribution in [0.1, 0.15) is 5.56 Å². The summed E-state index contributed by atoms with van der Waals surface area (Å²) in [6, 6.07) is 5.73. The Morgan fingerprint density at radius 1 is 1.57 bits per heavy atom. The zero-order chi connectivity index (χ0) is 10.1. The lowest BCUT2D eigenvalue weighted by molar-refractivity contribution is 0.254. The van der Waals surface area contributed by atoms with Crippen molar-refractivity contribution in [2.24, 2.45) is 0 Å². The van der Waals surface area contributed by atoms with Crippen LogP contribution in [0.4, 0.5) is 0 Å². The predicted octanol–water partition coefficient (Wildman–Crippen LogP) is 1.28. The topological polar surface area (TPSA) is 46.5 Å². The minimum atomic E-state index is -1.09. The summed E-state index contributed by atoms with van der Waals surface area (Å²) >= 11 is 2.29. The summed E-state index contributed by atoms with van der Waals surface area (Å²) in [5.41, 5.74) is 1.08. The van der Waals surface area contributed by atoms with E-state index in [-0.39, 0.29) is 6.61 Å². The van der Waals surface area contributed by atoms with Gasteiger partial charge in [0.1, 0.15) is 0 Å². The number of rotatable bonds is 2. The van der Waals surface area contributed by atoms with Crippen LogP contribution in [0.15, 0.2) is 27.6 Å². The van der Waals surface area contributed by atoms with Gasteiger partial charge in [-0.2, -0.15) is 0 Å². The van der Waals surface area contributed by atoms with Crippen LogP contribution >= 0.6 is 15.9 Å². The first kappa shape index (κ1) is 10.4. The molecule has 0 amide bonds. The molecule has 1 aliphatic rings. The highest BCUT2D eigenvalue weighted by Gasteiger charge is 2.33. The molecule has 76 valence electrons. The van der Waals surface area contributed by atoms with Crippen molar-refractivity contribution in [1.29, 1.82) is 0 Å². The molecule has 1 aromatic rings. The maximum absolute atomic E-state index is 11.8.